The Hall–Kier alpha value is -3.12. The van der Waals surface area contributed by atoms with Crippen molar-refractivity contribution in [2.24, 2.45) is 0 Å². The van der Waals surface area contributed by atoms with Crippen LogP contribution in [0.1, 0.15) is 10.5 Å². The number of hydrogen-bond acceptors (Lipinski definition) is 5. The van der Waals surface area contributed by atoms with Crippen molar-refractivity contribution >= 4 is 34.8 Å². The molecule has 0 fully saturated rings. The fourth-order valence-electron chi connectivity index (χ4n) is 2.10. The number of nitrogens with one attached hydrogen (secondary N) is 2. The van der Waals surface area contributed by atoms with Crippen molar-refractivity contribution in [3.05, 3.63) is 71.5 Å². The highest BCUT2D eigenvalue weighted by Gasteiger charge is 2.10. The molecule has 1 heterocycles. The van der Waals surface area contributed by atoms with Crippen LogP contribution < -0.4 is 15.4 Å². The van der Waals surface area contributed by atoms with Gasteiger partial charge in [-0.15, -0.1) is 0 Å². The number of halogens is 1. The van der Waals surface area contributed by atoms with Gasteiger partial charge in [0.1, 0.15) is 11.4 Å². The lowest BCUT2D eigenvalue weighted by atomic mass is 10.3. The molecule has 7 heteroatoms. The molecule has 0 bridgehead atoms. The molecule has 0 radical (unpaired) electrons. The number of rotatable bonds is 5. The number of hydrogen-bond donors (Lipinski definition) is 2. The predicted octanol–water partition coefficient (Wildman–Crippen LogP) is 4.13. The first-order chi connectivity index (χ1) is 12.1. The first-order valence-corrected chi connectivity index (χ1v) is 7.83. The van der Waals surface area contributed by atoms with Gasteiger partial charge in [0, 0.05) is 28.7 Å². The van der Waals surface area contributed by atoms with Crippen LogP contribution in [0.15, 0.2) is 60.8 Å². The van der Waals surface area contributed by atoms with Gasteiger partial charge < -0.3 is 15.4 Å². The minimum absolute atomic E-state index is 0.245. The van der Waals surface area contributed by atoms with Crippen molar-refractivity contribution in [1.29, 1.82) is 0 Å². The van der Waals surface area contributed by atoms with E-state index in [2.05, 4.69) is 20.6 Å². The Bertz CT molecular complexity index is 884. The lowest BCUT2D eigenvalue weighted by Gasteiger charge is -2.08. The van der Waals surface area contributed by atoms with Gasteiger partial charge in [0.25, 0.3) is 5.91 Å². The fraction of sp³-hybridized carbons (Fsp3) is 0.0556. The fourth-order valence-corrected chi connectivity index (χ4v) is 2.23. The average molecular weight is 355 g/mol. The number of anilines is 3. The maximum atomic E-state index is 12.4. The molecule has 3 rings (SSSR count). The summed E-state index contributed by atoms with van der Waals surface area (Å²) in [7, 11) is 1.57. The molecular formula is C18H15ClN4O2. The molecule has 0 saturated carbocycles. The zero-order valence-corrected chi connectivity index (χ0v) is 14.1. The van der Waals surface area contributed by atoms with Crippen LogP contribution >= 0.6 is 11.6 Å². The van der Waals surface area contributed by atoms with E-state index in [0.29, 0.717) is 22.4 Å². The van der Waals surface area contributed by atoms with Crippen LogP contribution in [0, 0.1) is 0 Å². The minimum Gasteiger partial charge on any atom is -0.497 e. The van der Waals surface area contributed by atoms with Crippen LogP contribution in [0.5, 0.6) is 5.75 Å². The largest absolute Gasteiger partial charge is 0.497 e. The van der Waals surface area contributed by atoms with Crippen molar-refractivity contribution in [1.82, 2.24) is 9.97 Å². The summed E-state index contributed by atoms with van der Waals surface area (Å²) in [4.78, 5) is 20.7. The average Bonchev–Trinajstić information content (AvgIpc) is 2.64. The summed E-state index contributed by atoms with van der Waals surface area (Å²) in [6.07, 6.45) is 1.52. The Balaban J connectivity index is 1.73. The van der Waals surface area contributed by atoms with Gasteiger partial charge in [-0.3, -0.25) is 4.79 Å². The number of amides is 1. The molecule has 1 aromatic heterocycles. The Morgan fingerprint density at radius 1 is 1.08 bits per heavy atom. The van der Waals surface area contributed by atoms with Gasteiger partial charge in [0.05, 0.1) is 7.11 Å². The standard InChI is InChI=1S/C18H15ClN4O2/c1-25-15-4-2-3-14(11-15)21-17(24)16-9-10-20-18(23-16)22-13-7-5-12(19)6-8-13/h2-11H,1H3,(H,21,24)(H,20,22,23). The number of aromatic nitrogens is 2. The van der Waals surface area contributed by atoms with Crippen LogP contribution in [0.2, 0.25) is 5.02 Å². The van der Waals surface area contributed by atoms with Crippen LogP contribution in [-0.4, -0.2) is 23.0 Å². The number of carbonyl (C=O) groups excluding carboxylic acids is 1. The first-order valence-electron chi connectivity index (χ1n) is 7.45. The maximum absolute atomic E-state index is 12.4. The Morgan fingerprint density at radius 3 is 2.64 bits per heavy atom. The summed E-state index contributed by atoms with van der Waals surface area (Å²) in [5, 5.41) is 6.44. The molecule has 25 heavy (non-hydrogen) atoms. The first kappa shape index (κ1) is 16.7. The SMILES string of the molecule is COc1cccc(NC(=O)c2ccnc(Nc3ccc(Cl)cc3)n2)c1. The molecule has 0 aliphatic heterocycles. The summed E-state index contributed by atoms with van der Waals surface area (Å²) in [6, 6.07) is 15.7. The van der Waals surface area contributed by atoms with Crippen molar-refractivity contribution in [2.45, 2.75) is 0 Å². The van der Waals surface area contributed by atoms with Gasteiger partial charge in [-0.2, -0.15) is 0 Å². The number of ether oxygens (including phenoxy) is 1. The molecule has 2 N–H and O–H groups in total. The number of methoxy groups -OCH3 is 1. The van der Waals surface area contributed by atoms with E-state index in [0.717, 1.165) is 5.69 Å². The van der Waals surface area contributed by atoms with Gasteiger partial charge in [-0.25, -0.2) is 9.97 Å². The number of benzene rings is 2. The Morgan fingerprint density at radius 2 is 1.88 bits per heavy atom. The van der Waals surface area contributed by atoms with Crippen LogP contribution in [0.4, 0.5) is 17.3 Å². The molecule has 0 atom stereocenters. The normalized spacial score (nSPS) is 10.2. The van der Waals surface area contributed by atoms with Crippen LogP contribution in [0.3, 0.4) is 0 Å². The molecule has 0 aliphatic carbocycles. The summed E-state index contributed by atoms with van der Waals surface area (Å²) < 4.78 is 5.14. The highest BCUT2D eigenvalue weighted by molar-refractivity contribution is 6.30. The van der Waals surface area contributed by atoms with E-state index < -0.39 is 0 Å². The van der Waals surface area contributed by atoms with E-state index in [-0.39, 0.29) is 11.6 Å². The van der Waals surface area contributed by atoms with E-state index in [9.17, 15) is 4.79 Å². The minimum atomic E-state index is -0.338. The monoisotopic (exact) mass is 354 g/mol. The molecule has 126 valence electrons. The molecule has 0 unspecified atom stereocenters. The smallest absolute Gasteiger partial charge is 0.274 e. The molecule has 6 nitrogen and oxygen atoms in total. The highest BCUT2D eigenvalue weighted by atomic mass is 35.5. The van der Waals surface area contributed by atoms with Crippen molar-refractivity contribution in [3.8, 4) is 5.75 Å². The number of nitrogens with zero attached hydrogens (tertiary/aromatic N) is 2. The van der Waals surface area contributed by atoms with E-state index in [1.807, 2.05) is 0 Å². The molecule has 3 aromatic rings. The zero-order chi connectivity index (χ0) is 17.6. The van der Waals surface area contributed by atoms with Gasteiger partial charge in [0.15, 0.2) is 0 Å². The van der Waals surface area contributed by atoms with Crippen molar-refractivity contribution in [2.75, 3.05) is 17.7 Å². The van der Waals surface area contributed by atoms with Gasteiger partial charge in [0.2, 0.25) is 5.95 Å². The maximum Gasteiger partial charge on any atom is 0.274 e. The van der Waals surface area contributed by atoms with Gasteiger partial charge in [-0.1, -0.05) is 17.7 Å². The summed E-state index contributed by atoms with van der Waals surface area (Å²) in [5.41, 5.74) is 1.64. The Labute approximate surface area is 149 Å². The topological polar surface area (TPSA) is 76.1 Å². The molecule has 0 spiro atoms. The summed E-state index contributed by atoms with van der Waals surface area (Å²) >= 11 is 5.86. The molecule has 2 aromatic carbocycles. The van der Waals surface area contributed by atoms with Crippen molar-refractivity contribution < 1.29 is 9.53 Å². The second-order valence-electron chi connectivity index (χ2n) is 5.08. The second kappa shape index (κ2) is 7.63. The lowest BCUT2D eigenvalue weighted by molar-refractivity contribution is 0.102. The van der Waals surface area contributed by atoms with Gasteiger partial charge in [-0.05, 0) is 42.5 Å². The molecular weight excluding hydrogens is 340 g/mol. The van der Waals surface area contributed by atoms with Crippen LogP contribution in [0.25, 0.3) is 0 Å². The van der Waals surface area contributed by atoms with E-state index in [1.165, 1.54) is 6.20 Å². The Kier molecular flexibility index (Phi) is 5.11. The van der Waals surface area contributed by atoms with E-state index in [4.69, 9.17) is 16.3 Å². The third kappa shape index (κ3) is 4.45. The van der Waals surface area contributed by atoms with E-state index >= 15 is 0 Å². The highest BCUT2D eigenvalue weighted by Crippen LogP contribution is 2.18. The second-order valence-corrected chi connectivity index (χ2v) is 5.52. The van der Waals surface area contributed by atoms with Gasteiger partial charge >= 0.3 is 0 Å². The van der Waals surface area contributed by atoms with Crippen molar-refractivity contribution in [3.63, 3.8) is 0 Å². The summed E-state index contributed by atoms with van der Waals surface area (Å²) in [5.74, 6) is 0.640. The summed E-state index contributed by atoms with van der Waals surface area (Å²) in [6.45, 7) is 0. The molecule has 1 amide bonds. The quantitative estimate of drug-likeness (QED) is 0.720. The lowest BCUT2D eigenvalue weighted by Crippen LogP contribution is -2.14. The number of carbonyl (C=O) groups is 1. The molecule has 0 saturated heterocycles. The third-order valence-corrected chi connectivity index (χ3v) is 3.57. The third-order valence-electron chi connectivity index (χ3n) is 3.32. The molecule has 0 aliphatic rings. The van der Waals surface area contributed by atoms with E-state index in [1.54, 1.807) is 61.7 Å². The zero-order valence-electron chi connectivity index (χ0n) is 13.4. The predicted molar refractivity (Wildman–Crippen MR) is 97.7 cm³/mol. The van der Waals surface area contributed by atoms with Crippen LogP contribution in [-0.2, 0) is 0 Å².